The molecule has 0 aromatic heterocycles. The molecule has 0 aromatic rings. The van der Waals surface area contributed by atoms with E-state index in [0.29, 0.717) is 0 Å². The van der Waals surface area contributed by atoms with Crippen molar-refractivity contribution in [3.05, 3.63) is 0 Å². The van der Waals surface area contributed by atoms with Crippen LogP contribution in [-0.4, -0.2) is 41.5 Å². The van der Waals surface area contributed by atoms with E-state index in [-0.39, 0.29) is 0 Å². The van der Waals surface area contributed by atoms with Crippen LogP contribution in [0.25, 0.3) is 0 Å². The van der Waals surface area contributed by atoms with Crippen molar-refractivity contribution in [2.45, 2.75) is 44.0 Å². The minimum Gasteiger partial charge on any atom is -0.279 e. The minimum atomic E-state index is -5.84. The lowest BCUT2D eigenvalue weighted by atomic mass is 10.3. The average molecular weight is 354 g/mol. The Morgan fingerprint density at radius 3 is 1.05 bits per heavy atom. The molecule has 0 atom stereocenters. The number of alkyl halides is 3. The van der Waals surface area contributed by atoms with Crippen LogP contribution in [0.15, 0.2) is 0 Å². The second kappa shape index (κ2) is 11.0. The lowest BCUT2D eigenvalue weighted by Crippen LogP contribution is -2.21. The van der Waals surface area contributed by atoms with Crippen LogP contribution in [0.3, 0.4) is 0 Å². The Bertz CT molecular complexity index is 289. The zero-order valence-corrected chi connectivity index (χ0v) is 13.6. The van der Waals surface area contributed by atoms with Gasteiger partial charge in [-0.3, -0.25) is 4.55 Å². The van der Waals surface area contributed by atoms with Crippen LogP contribution in [0.2, 0.25) is 0 Å². The van der Waals surface area contributed by atoms with E-state index in [4.69, 9.17) is 13.0 Å². The summed E-state index contributed by atoms with van der Waals surface area (Å²) in [5.41, 5.74) is -5.53. The van der Waals surface area contributed by atoms with Crippen molar-refractivity contribution in [2.75, 3.05) is 23.0 Å². The molecule has 0 bridgehead atoms. The smallest absolute Gasteiger partial charge is 0.279 e. The summed E-state index contributed by atoms with van der Waals surface area (Å²) in [6.45, 7) is 0. The second-order valence-corrected chi connectivity index (χ2v) is 8.13. The van der Waals surface area contributed by atoms with E-state index < -0.39 is 15.6 Å². The van der Waals surface area contributed by atoms with Gasteiger partial charge in [0.25, 0.3) is 0 Å². The topological polar surface area (TPSA) is 54.4 Å². The molecule has 2 saturated heterocycles. The van der Waals surface area contributed by atoms with Crippen LogP contribution in [0.1, 0.15) is 38.5 Å². The highest BCUT2D eigenvalue weighted by Crippen LogP contribution is 2.20. The van der Waals surface area contributed by atoms with Gasteiger partial charge in [0.1, 0.15) is 0 Å². The van der Waals surface area contributed by atoms with Crippen LogP contribution in [0.5, 0.6) is 0 Å². The van der Waals surface area contributed by atoms with Gasteiger partial charge in [-0.05, 0) is 48.7 Å². The first-order valence-corrected chi connectivity index (χ1v) is 10.2. The van der Waals surface area contributed by atoms with Crippen molar-refractivity contribution >= 4 is 33.6 Å². The molecule has 122 valence electrons. The molecule has 20 heavy (non-hydrogen) atoms. The molecule has 2 heterocycles. The van der Waals surface area contributed by atoms with E-state index in [0.717, 1.165) is 0 Å². The molecule has 2 rings (SSSR count). The molecular formula is C11H21F3O3S3. The Morgan fingerprint density at radius 1 is 0.750 bits per heavy atom. The monoisotopic (exact) mass is 354 g/mol. The van der Waals surface area contributed by atoms with Crippen molar-refractivity contribution in [1.29, 1.82) is 0 Å². The van der Waals surface area contributed by atoms with Gasteiger partial charge in [-0.1, -0.05) is 12.8 Å². The number of rotatable bonds is 0. The van der Waals surface area contributed by atoms with E-state index in [1.165, 1.54) is 61.5 Å². The third-order valence-corrected chi connectivity index (χ3v) is 5.34. The summed E-state index contributed by atoms with van der Waals surface area (Å²) in [4.78, 5) is 0. The van der Waals surface area contributed by atoms with Crippen molar-refractivity contribution in [2.24, 2.45) is 0 Å². The third kappa shape index (κ3) is 12.2. The maximum Gasteiger partial charge on any atom is 0.522 e. The van der Waals surface area contributed by atoms with Crippen LogP contribution in [-0.2, 0) is 10.1 Å². The first-order valence-electron chi connectivity index (χ1n) is 6.44. The molecule has 0 saturated carbocycles. The SMILES string of the molecule is C1CCSCC1.C1CCSCC1.O=S(=O)(O)C(F)(F)F. The summed E-state index contributed by atoms with van der Waals surface area (Å²) in [6, 6.07) is 0. The van der Waals surface area contributed by atoms with Gasteiger partial charge in [0, 0.05) is 0 Å². The Balaban J connectivity index is 0.000000274. The van der Waals surface area contributed by atoms with Gasteiger partial charge >= 0.3 is 15.6 Å². The van der Waals surface area contributed by atoms with Crippen molar-refractivity contribution in [3.8, 4) is 0 Å². The molecule has 1 N–H and O–H groups in total. The van der Waals surface area contributed by atoms with E-state index in [2.05, 4.69) is 23.5 Å². The number of hydrogen-bond donors (Lipinski definition) is 1. The molecule has 0 spiro atoms. The Labute approximate surface area is 127 Å². The van der Waals surface area contributed by atoms with Gasteiger partial charge in [0.05, 0.1) is 0 Å². The largest absolute Gasteiger partial charge is 0.522 e. The molecule has 9 heteroatoms. The fourth-order valence-electron chi connectivity index (χ4n) is 1.37. The van der Waals surface area contributed by atoms with Gasteiger partial charge in [0.15, 0.2) is 0 Å². The van der Waals surface area contributed by atoms with Gasteiger partial charge in [-0.25, -0.2) is 0 Å². The molecule has 0 aromatic carbocycles. The van der Waals surface area contributed by atoms with Crippen molar-refractivity contribution in [3.63, 3.8) is 0 Å². The maximum absolute atomic E-state index is 10.7. The number of thioether (sulfide) groups is 2. The Hall–Kier alpha value is 0.400. The highest BCUT2D eigenvalue weighted by Gasteiger charge is 2.44. The van der Waals surface area contributed by atoms with Crippen LogP contribution >= 0.6 is 23.5 Å². The standard InChI is InChI=1S/2C5H10S.CHF3O3S/c2*1-2-4-6-5-3-1;2-1(3,4)8(5,6)7/h2*1-5H2;(H,5,6,7). The normalized spacial score (nSPS) is 20.0. The Morgan fingerprint density at radius 2 is 1.00 bits per heavy atom. The summed E-state index contributed by atoms with van der Waals surface area (Å²) in [5, 5.41) is 0. The summed E-state index contributed by atoms with van der Waals surface area (Å²) in [7, 11) is -5.84. The summed E-state index contributed by atoms with van der Waals surface area (Å²) >= 11 is 4.19. The highest BCUT2D eigenvalue weighted by atomic mass is 32.2. The summed E-state index contributed by atoms with van der Waals surface area (Å²) < 4.78 is 57.5. The van der Waals surface area contributed by atoms with Gasteiger partial charge < -0.3 is 0 Å². The van der Waals surface area contributed by atoms with Crippen LogP contribution in [0.4, 0.5) is 13.2 Å². The fourth-order valence-corrected chi connectivity index (χ4v) is 3.42. The predicted octanol–water partition coefficient (Wildman–Crippen LogP) is 4.20. The van der Waals surface area contributed by atoms with Gasteiger partial charge in [0.2, 0.25) is 0 Å². The first kappa shape index (κ1) is 20.4. The molecule has 2 aliphatic rings. The number of halogens is 3. The predicted molar refractivity (Wildman–Crippen MR) is 80.0 cm³/mol. The lowest BCUT2D eigenvalue weighted by Gasteiger charge is -2.05. The van der Waals surface area contributed by atoms with Crippen LogP contribution < -0.4 is 0 Å². The van der Waals surface area contributed by atoms with E-state index in [1.54, 1.807) is 0 Å². The fraction of sp³-hybridized carbons (Fsp3) is 1.00. The third-order valence-electron chi connectivity index (χ3n) is 2.45. The second-order valence-electron chi connectivity index (χ2n) is 4.27. The van der Waals surface area contributed by atoms with Gasteiger partial charge in [-0.15, -0.1) is 0 Å². The first-order chi connectivity index (χ1) is 9.25. The zero-order valence-electron chi connectivity index (χ0n) is 11.2. The van der Waals surface area contributed by atoms with Gasteiger partial charge in [-0.2, -0.15) is 45.1 Å². The molecule has 0 unspecified atom stereocenters. The number of hydrogen-bond acceptors (Lipinski definition) is 4. The quantitative estimate of drug-likeness (QED) is 0.522. The molecule has 2 fully saturated rings. The maximum atomic E-state index is 10.7. The molecule has 0 radical (unpaired) electrons. The van der Waals surface area contributed by atoms with Crippen molar-refractivity contribution in [1.82, 2.24) is 0 Å². The highest BCUT2D eigenvalue weighted by molar-refractivity contribution is 7.99. The summed E-state index contributed by atoms with van der Waals surface area (Å²) in [6.07, 6.45) is 8.81. The molecule has 0 aliphatic carbocycles. The van der Waals surface area contributed by atoms with Crippen LogP contribution in [0, 0.1) is 0 Å². The molecule has 3 nitrogen and oxygen atoms in total. The van der Waals surface area contributed by atoms with E-state index >= 15 is 0 Å². The average Bonchev–Trinajstić information content (AvgIpc) is 2.42. The molecule has 2 aliphatic heterocycles. The van der Waals surface area contributed by atoms with E-state index in [1.807, 2.05) is 0 Å². The summed E-state index contributed by atoms with van der Waals surface area (Å²) in [5.74, 6) is 5.67. The zero-order chi connectivity index (χ0) is 15.5. The van der Waals surface area contributed by atoms with E-state index in [9.17, 15) is 13.2 Å². The minimum absolute atomic E-state index is 1.42. The Kier molecular flexibility index (Phi) is 11.3. The lowest BCUT2D eigenvalue weighted by molar-refractivity contribution is -0.0510. The molecular weight excluding hydrogens is 333 g/mol. The van der Waals surface area contributed by atoms with Crippen molar-refractivity contribution < 1.29 is 26.1 Å². The molecule has 0 amide bonds.